The van der Waals surface area contributed by atoms with E-state index >= 15 is 0 Å². The molecule has 108 valence electrons. The monoisotopic (exact) mass is 273 g/mol. The van der Waals surface area contributed by atoms with Crippen LogP contribution in [0.3, 0.4) is 0 Å². The summed E-state index contributed by atoms with van der Waals surface area (Å²) in [5.74, 6) is 1.15. The number of rotatable bonds is 6. The predicted octanol–water partition coefficient (Wildman–Crippen LogP) is 3.65. The average Bonchev–Trinajstić information content (AvgIpc) is 3.10. The topological polar surface area (TPSA) is 34.4 Å². The third kappa shape index (κ3) is 2.89. The van der Waals surface area contributed by atoms with Gasteiger partial charge in [-0.05, 0) is 18.9 Å². The van der Waals surface area contributed by atoms with Crippen molar-refractivity contribution in [1.29, 1.82) is 0 Å². The Bertz CT molecular complexity index is 555. The molecule has 1 aliphatic heterocycles. The van der Waals surface area contributed by atoms with Crippen molar-refractivity contribution in [2.45, 2.75) is 45.2 Å². The second kappa shape index (κ2) is 6.42. The van der Waals surface area contributed by atoms with E-state index < -0.39 is 0 Å². The summed E-state index contributed by atoms with van der Waals surface area (Å²) >= 11 is 0. The highest BCUT2D eigenvalue weighted by molar-refractivity contribution is 5.82. The zero-order chi connectivity index (χ0) is 13.8. The molecule has 0 spiro atoms. The van der Waals surface area contributed by atoms with E-state index in [-0.39, 0.29) is 0 Å². The van der Waals surface area contributed by atoms with Crippen molar-refractivity contribution in [3.63, 3.8) is 0 Å². The van der Waals surface area contributed by atoms with Gasteiger partial charge in [0.15, 0.2) is 0 Å². The van der Waals surface area contributed by atoms with Gasteiger partial charge in [-0.15, -0.1) is 0 Å². The van der Waals surface area contributed by atoms with E-state index in [1.165, 1.54) is 23.8 Å². The van der Waals surface area contributed by atoms with Gasteiger partial charge in [0, 0.05) is 36.6 Å². The van der Waals surface area contributed by atoms with Crippen molar-refractivity contribution in [2.24, 2.45) is 0 Å². The summed E-state index contributed by atoms with van der Waals surface area (Å²) in [7, 11) is 0. The van der Waals surface area contributed by atoms with Crippen molar-refractivity contribution >= 4 is 11.0 Å². The van der Waals surface area contributed by atoms with Crippen LogP contribution in [0.15, 0.2) is 28.7 Å². The van der Waals surface area contributed by atoms with Gasteiger partial charge in [-0.2, -0.15) is 0 Å². The lowest BCUT2D eigenvalue weighted by atomic mass is 10.1. The number of ether oxygens (including phenoxy) is 1. The lowest BCUT2D eigenvalue weighted by Gasteiger charge is -2.10. The summed E-state index contributed by atoms with van der Waals surface area (Å²) in [4.78, 5) is 0. The molecule has 1 aromatic carbocycles. The molecule has 1 saturated heterocycles. The van der Waals surface area contributed by atoms with Gasteiger partial charge in [0.25, 0.3) is 0 Å². The van der Waals surface area contributed by atoms with Crippen molar-refractivity contribution in [1.82, 2.24) is 5.32 Å². The van der Waals surface area contributed by atoms with Gasteiger partial charge < -0.3 is 14.5 Å². The van der Waals surface area contributed by atoms with Crippen LogP contribution in [0.2, 0.25) is 0 Å². The molecule has 1 N–H and O–H groups in total. The molecule has 1 aliphatic rings. The van der Waals surface area contributed by atoms with Gasteiger partial charge in [-0.3, -0.25) is 0 Å². The summed E-state index contributed by atoms with van der Waals surface area (Å²) < 4.78 is 11.5. The first-order valence-corrected chi connectivity index (χ1v) is 7.69. The molecule has 1 aromatic heterocycles. The van der Waals surface area contributed by atoms with Crippen LogP contribution in [-0.4, -0.2) is 19.3 Å². The Balaban J connectivity index is 1.81. The third-order valence-electron chi connectivity index (χ3n) is 4.04. The quantitative estimate of drug-likeness (QED) is 0.872. The van der Waals surface area contributed by atoms with Crippen molar-refractivity contribution in [3.8, 4) is 0 Å². The van der Waals surface area contributed by atoms with Crippen LogP contribution >= 0.6 is 0 Å². The lowest BCUT2D eigenvalue weighted by molar-refractivity contribution is 0.190. The highest BCUT2D eigenvalue weighted by Crippen LogP contribution is 2.27. The highest BCUT2D eigenvalue weighted by atomic mass is 16.5. The summed E-state index contributed by atoms with van der Waals surface area (Å²) in [5, 5.41) is 4.86. The maximum Gasteiger partial charge on any atom is 0.134 e. The SMILES string of the molecule is CCCCc1oc2ccccc2c1CNC1CCOC1. The maximum absolute atomic E-state index is 6.05. The molecule has 1 fully saturated rings. The number of benzene rings is 1. The molecule has 0 saturated carbocycles. The minimum absolute atomic E-state index is 0.489. The number of aryl methyl sites for hydroxylation is 1. The molecule has 3 nitrogen and oxygen atoms in total. The number of fused-ring (bicyclic) bond motifs is 1. The molecule has 2 aromatic rings. The number of nitrogens with one attached hydrogen (secondary N) is 1. The first kappa shape index (κ1) is 13.7. The summed E-state index contributed by atoms with van der Waals surface area (Å²) in [6.07, 6.45) is 4.52. The second-order valence-corrected chi connectivity index (χ2v) is 5.54. The van der Waals surface area contributed by atoms with Gasteiger partial charge in [0.05, 0.1) is 6.61 Å². The molecule has 0 aliphatic carbocycles. The molecule has 1 unspecified atom stereocenters. The summed E-state index contributed by atoms with van der Waals surface area (Å²) in [6, 6.07) is 8.84. The van der Waals surface area contributed by atoms with Gasteiger partial charge in [0.2, 0.25) is 0 Å². The van der Waals surface area contributed by atoms with E-state index in [1.807, 2.05) is 6.07 Å². The molecule has 1 atom stereocenters. The number of para-hydroxylation sites is 1. The fourth-order valence-corrected chi connectivity index (χ4v) is 2.82. The van der Waals surface area contributed by atoms with Gasteiger partial charge in [-0.1, -0.05) is 31.5 Å². The number of furan rings is 1. The van der Waals surface area contributed by atoms with Gasteiger partial charge >= 0.3 is 0 Å². The van der Waals surface area contributed by atoms with Crippen LogP contribution < -0.4 is 5.32 Å². The third-order valence-corrected chi connectivity index (χ3v) is 4.04. The Morgan fingerprint density at radius 1 is 1.30 bits per heavy atom. The Morgan fingerprint density at radius 2 is 2.20 bits per heavy atom. The zero-order valence-electron chi connectivity index (χ0n) is 12.2. The van der Waals surface area contributed by atoms with E-state index in [1.54, 1.807) is 0 Å². The number of hydrogen-bond acceptors (Lipinski definition) is 3. The molecule has 3 heteroatoms. The van der Waals surface area contributed by atoms with E-state index in [2.05, 4.69) is 30.4 Å². The molecule has 0 amide bonds. The first-order valence-electron chi connectivity index (χ1n) is 7.69. The van der Waals surface area contributed by atoms with Crippen LogP contribution in [0.5, 0.6) is 0 Å². The standard InChI is InChI=1S/C17H23NO2/c1-2-3-7-17-15(11-18-13-9-10-19-12-13)14-6-4-5-8-16(14)20-17/h4-6,8,13,18H,2-3,7,9-12H2,1H3. The first-order chi connectivity index (χ1) is 9.88. The van der Waals surface area contributed by atoms with E-state index in [0.29, 0.717) is 6.04 Å². The van der Waals surface area contributed by atoms with Crippen LogP contribution in [0.1, 0.15) is 37.5 Å². The number of hydrogen-bond donors (Lipinski definition) is 1. The molecule has 0 radical (unpaired) electrons. The van der Waals surface area contributed by atoms with Crippen LogP contribution in [0.4, 0.5) is 0 Å². The average molecular weight is 273 g/mol. The zero-order valence-corrected chi connectivity index (χ0v) is 12.2. The fraction of sp³-hybridized carbons (Fsp3) is 0.529. The second-order valence-electron chi connectivity index (χ2n) is 5.54. The summed E-state index contributed by atoms with van der Waals surface area (Å²) in [6.45, 7) is 4.81. The Morgan fingerprint density at radius 3 is 3.00 bits per heavy atom. The van der Waals surface area contributed by atoms with Gasteiger partial charge in [0.1, 0.15) is 11.3 Å². The lowest BCUT2D eigenvalue weighted by Crippen LogP contribution is -2.28. The Kier molecular flexibility index (Phi) is 4.38. The van der Waals surface area contributed by atoms with E-state index in [9.17, 15) is 0 Å². The van der Waals surface area contributed by atoms with Crippen LogP contribution in [0.25, 0.3) is 11.0 Å². The van der Waals surface area contributed by atoms with E-state index in [4.69, 9.17) is 9.15 Å². The van der Waals surface area contributed by atoms with Crippen molar-refractivity contribution in [2.75, 3.05) is 13.2 Å². The summed E-state index contributed by atoms with van der Waals surface area (Å²) in [5.41, 5.74) is 2.35. The van der Waals surface area contributed by atoms with Crippen molar-refractivity contribution < 1.29 is 9.15 Å². The van der Waals surface area contributed by atoms with Gasteiger partial charge in [-0.25, -0.2) is 0 Å². The Hall–Kier alpha value is -1.32. The molecule has 2 heterocycles. The minimum atomic E-state index is 0.489. The highest BCUT2D eigenvalue weighted by Gasteiger charge is 2.18. The molecule has 0 bridgehead atoms. The molecular formula is C17H23NO2. The molecular weight excluding hydrogens is 250 g/mol. The smallest absolute Gasteiger partial charge is 0.134 e. The minimum Gasteiger partial charge on any atom is -0.461 e. The fourth-order valence-electron chi connectivity index (χ4n) is 2.82. The number of unbranched alkanes of at least 4 members (excludes halogenated alkanes) is 1. The normalized spacial score (nSPS) is 18.9. The Labute approximate surface area is 120 Å². The van der Waals surface area contributed by atoms with Crippen molar-refractivity contribution in [3.05, 3.63) is 35.6 Å². The molecule has 20 heavy (non-hydrogen) atoms. The maximum atomic E-state index is 6.05. The van der Waals surface area contributed by atoms with E-state index in [0.717, 1.165) is 43.9 Å². The molecule has 3 rings (SSSR count). The predicted molar refractivity (Wildman–Crippen MR) is 80.9 cm³/mol. The van der Waals surface area contributed by atoms with Crippen LogP contribution in [0, 0.1) is 0 Å². The largest absolute Gasteiger partial charge is 0.461 e. The van der Waals surface area contributed by atoms with Crippen LogP contribution in [-0.2, 0) is 17.7 Å².